The van der Waals surface area contributed by atoms with Gasteiger partial charge in [0.15, 0.2) is 0 Å². The van der Waals surface area contributed by atoms with Gasteiger partial charge in [0.1, 0.15) is 0 Å². The molecular formula is C17H19ClN2O4S. The summed E-state index contributed by atoms with van der Waals surface area (Å²) < 4.78 is 32.5. The molecule has 1 fully saturated rings. The Labute approximate surface area is 152 Å². The number of carbonyl (C=O) groups excluding carboxylic acids is 1. The number of hydrogen-bond acceptors (Lipinski definition) is 4. The van der Waals surface area contributed by atoms with E-state index in [1.165, 1.54) is 15.3 Å². The van der Waals surface area contributed by atoms with Crippen molar-refractivity contribution >= 4 is 38.5 Å². The quantitative estimate of drug-likeness (QED) is 0.818. The summed E-state index contributed by atoms with van der Waals surface area (Å²) in [5.41, 5.74) is 0. The maximum absolute atomic E-state index is 13.1. The topological polar surface area (TPSA) is 66.9 Å². The summed E-state index contributed by atoms with van der Waals surface area (Å²) in [6.45, 7) is 3.13. The highest BCUT2D eigenvalue weighted by atomic mass is 35.5. The lowest BCUT2D eigenvalue weighted by Crippen LogP contribution is -2.50. The smallest absolute Gasteiger partial charge is 0.409 e. The van der Waals surface area contributed by atoms with Gasteiger partial charge in [-0.05, 0) is 19.1 Å². The van der Waals surface area contributed by atoms with Gasteiger partial charge in [0, 0.05) is 42.0 Å². The number of fused-ring (bicyclic) bond motifs is 1. The van der Waals surface area contributed by atoms with Gasteiger partial charge in [-0.1, -0.05) is 35.9 Å². The van der Waals surface area contributed by atoms with Crippen LogP contribution in [0.1, 0.15) is 6.92 Å². The van der Waals surface area contributed by atoms with Crippen LogP contribution >= 0.6 is 11.6 Å². The normalized spacial score (nSPS) is 16.2. The average Bonchev–Trinajstić information content (AvgIpc) is 2.62. The van der Waals surface area contributed by atoms with E-state index in [1.807, 2.05) is 6.07 Å². The van der Waals surface area contributed by atoms with E-state index in [0.717, 1.165) is 0 Å². The summed E-state index contributed by atoms with van der Waals surface area (Å²) in [7, 11) is -3.67. The van der Waals surface area contributed by atoms with Crippen LogP contribution in [0.15, 0.2) is 41.3 Å². The molecule has 6 nitrogen and oxygen atoms in total. The van der Waals surface area contributed by atoms with Crippen LogP contribution in [0.25, 0.3) is 10.8 Å². The number of hydrogen-bond donors (Lipinski definition) is 0. The fraction of sp³-hybridized carbons (Fsp3) is 0.353. The van der Waals surface area contributed by atoms with E-state index < -0.39 is 16.1 Å². The zero-order chi connectivity index (χ0) is 18.0. The van der Waals surface area contributed by atoms with E-state index in [1.54, 1.807) is 31.2 Å². The molecule has 0 saturated carbocycles. The molecule has 1 aliphatic rings. The Kier molecular flexibility index (Phi) is 5.17. The van der Waals surface area contributed by atoms with E-state index in [9.17, 15) is 13.2 Å². The number of rotatable bonds is 3. The molecule has 0 N–H and O–H groups in total. The summed E-state index contributed by atoms with van der Waals surface area (Å²) in [6.07, 6.45) is -0.406. The lowest BCUT2D eigenvalue weighted by Gasteiger charge is -2.33. The number of ether oxygens (including phenoxy) is 1. The molecule has 1 aliphatic heterocycles. The van der Waals surface area contributed by atoms with Crippen molar-refractivity contribution in [2.24, 2.45) is 0 Å². The van der Waals surface area contributed by atoms with Crippen LogP contribution in [0, 0.1) is 0 Å². The highest BCUT2D eigenvalue weighted by Gasteiger charge is 2.31. The number of carbonyl (C=O) groups is 1. The molecular weight excluding hydrogens is 364 g/mol. The minimum atomic E-state index is -3.67. The zero-order valence-corrected chi connectivity index (χ0v) is 15.4. The highest BCUT2D eigenvalue weighted by Crippen LogP contribution is 2.31. The van der Waals surface area contributed by atoms with E-state index in [4.69, 9.17) is 16.3 Å². The first-order chi connectivity index (χ1) is 11.9. The Balaban J connectivity index is 1.87. The SMILES string of the molecule is CCOC(=O)N1CCN(S(=O)(=O)c2ccc(Cl)c3ccccc23)CC1. The van der Waals surface area contributed by atoms with Gasteiger partial charge in [-0.25, -0.2) is 13.2 Å². The van der Waals surface area contributed by atoms with Crippen LogP contribution in [0.3, 0.4) is 0 Å². The molecule has 0 bridgehead atoms. The third kappa shape index (κ3) is 3.44. The van der Waals surface area contributed by atoms with E-state index in [0.29, 0.717) is 35.5 Å². The zero-order valence-electron chi connectivity index (χ0n) is 13.8. The van der Waals surface area contributed by atoms with Crippen molar-refractivity contribution in [2.75, 3.05) is 32.8 Å². The molecule has 0 unspecified atom stereocenters. The summed E-state index contributed by atoms with van der Waals surface area (Å²) in [6, 6.07) is 10.3. The minimum Gasteiger partial charge on any atom is -0.450 e. The summed E-state index contributed by atoms with van der Waals surface area (Å²) in [5.74, 6) is 0. The van der Waals surface area contributed by atoms with Crippen molar-refractivity contribution in [3.63, 3.8) is 0 Å². The van der Waals surface area contributed by atoms with Crippen molar-refractivity contribution in [3.8, 4) is 0 Å². The van der Waals surface area contributed by atoms with E-state index in [2.05, 4.69) is 0 Å². The van der Waals surface area contributed by atoms with Crippen molar-refractivity contribution in [1.82, 2.24) is 9.21 Å². The predicted octanol–water partition coefficient (Wildman–Crippen LogP) is 2.96. The predicted molar refractivity (Wildman–Crippen MR) is 96.3 cm³/mol. The second-order valence-electron chi connectivity index (χ2n) is 5.68. The van der Waals surface area contributed by atoms with Gasteiger partial charge in [0.25, 0.3) is 0 Å². The number of halogens is 1. The first-order valence-corrected chi connectivity index (χ1v) is 9.86. The van der Waals surface area contributed by atoms with Crippen LogP contribution in [-0.4, -0.2) is 56.5 Å². The highest BCUT2D eigenvalue weighted by molar-refractivity contribution is 7.89. The Morgan fingerprint density at radius 1 is 1.08 bits per heavy atom. The number of piperazine rings is 1. The second-order valence-corrected chi connectivity index (χ2v) is 7.99. The summed E-state index contributed by atoms with van der Waals surface area (Å²) >= 11 is 6.18. The molecule has 8 heteroatoms. The van der Waals surface area contributed by atoms with Gasteiger partial charge in [-0.3, -0.25) is 0 Å². The molecule has 0 aliphatic carbocycles. The summed E-state index contributed by atoms with van der Waals surface area (Å²) in [4.78, 5) is 13.5. The monoisotopic (exact) mass is 382 g/mol. The lowest BCUT2D eigenvalue weighted by atomic mass is 10.1. The minimum absolute atomic E-state index is 0.233. The molecule has 0 atom stereocenters. The molecule has 0 spiro atoms. The van der Waals surface area contributed by atoms with Gasteiger partial charge in [0.05, 0.1) is 11.5 Å². The molecule has 3 rings (SSSR count). The van der Waals surface area contributed by atoms with Crippen LogP contribution < -0.4 is 0 Å². The lowest BCUT2D eigenvalue weighted by molar-refractivity contribution is 0.0934. The molecule has 134 valence electrons. The van der Waals surface area contributed by atoms with Gasteiger partial charge < -0.3 is 9.64 Å². The van der Waals surface area contributed by atoms with Crippen molar-refractivity contribution in [3.05, 3.63) is 41.4 Å². The maximum atomic E-state index is 13.1. The average molecular weight is 383 g/mol. The van der Waals surface area contributed by atoms with E-state index >= 15 is 0 Å². The van der Waals surface area contributed by atoms with Crippen LogP contribution in [0.5, 0.6) is 0 Å². The second kappa shape index (κ2) is 7.19. The maximum Gasteiger partial charge on any atom is 0.409 e. The molecule has 0 radical (unpaired) electrons. The molecule has 1 heterocycles. The Morgan fingerprint density at radius 3 is 2.36 bits per heavy atom. The summed E-state index contributed by atoms with van der Waals surface area (Å²) in [5, 5.41) is 1.82. The first-order valence-electron chi connectivity index (χ1n) is 8.04. The van der Waals surface area contributed by atoms with Gasteiger partial charge in [-0.15, -0.1) is 0 Å². The van der Waals surface area contributed by atoms with Gasteiger partial charge >= 0.3 is 6.09 Å². The Morgan fingerprint density at radius 2 is 1.72 bits per heavy atom. The number of amides is 1. The molecule has 1 amide bonds. The third-order valence-electron chi connectivity index (χ3n) is 4.21. The van der Waals surface area contributed by atoms with Gasteiger partial charge in [0.2, 0.25) is 10.0 Å². The fourth-order valence-corrected chi connectivity index (χ4v) is 4.77. The molecule has 2 aromatic carbocycles. The van der Waals surface area contributed by atoms with Crippen molar-refractivity contribution < 1.29 is 17.9 Å². The first kappa shape index (κ1) is 18.0. The Hall–Kier alpha value is -1.83. The standard InChI is InChI=1S/C17H19ClN2O4S/c1-2-24-17(21)19-9-11-20(12-10-19)25(22,23)16-8-7-15(18)13-5-3-4-6-14(13)16/h3-8H,2,9-12H2,1H3. The Bertz CT molecular complexity index is 893. The number of nitrogens with zero attached hydrogens (tertiary/aromatic N) is 2. The molecule has 1 saturated heterocycles. The fourth-order valence-electron chi connectivity index (χ4n) is 2.92. The van der Waals surface area contributed by atoms with Crippen molar-refractivity contribution in [1.29, 1.82) is 0 Å². The van der Waals surface area contributed by atoms with Gasteiger partial charge in [-0.2, -0.15) is 4.31 Å². The number of sulfonamides is 1. The van der Waals surface area contributed by atoms with Crippen LogP contribution in [0.2, 0.25) is 5.02 Å². The van der Waals surface area contributed by atoms with E-state index in [-0.39, 0.29) is 18.0 Å². The van der Waals surface area contributed by atoms with Crippen LogP contribution in [-0.2, 0) is 14.8 Å². The largest absolute Gasteiger partial charge is 0.450 e. The molecule has 2 aromatic rings. The third-order valence-corrected chi connectivity index (χ3v) is 6.50. The van der Waals surface area contributed by atoms with Crippen molar-refractivity contribution in [2.45, 2.75) is 11.8 Å². The molecule has 0 aromatic heterocycles. The molecule has 25 heavy (non-hydrogen) atoms. The number of benzene rings is 2. The van der Waals surface area contributed by atoms with Crippen LogP contribution in [0.4, 0.5) is 4.79 Å².